The summed E-state index contributed by atoms with van der Waals surface area (Å²) < 4.78 is 0. The topological polar surface area (TPSA) is 66.4 Å². The highest BCUT2D eigenvalue weighted by molar-refractivity contribution is 5.84. The van der Waals surface area contributed by atoms with Gasteiger partial charge in [0.1, 0.15) is 0 Å². The minimum absolute atomic E-state index is 0.0689. The van der Waals surface area contributed by atoms with Crippen LogP contribution < -0.4 is 5.32 Å². The molecular weight excluding hydrogens is 206 g/mol. The molecule has 4 heteroatoms. The Hall–Kier alpha value is -1.06. The van der Waals surface area contributed by atoms with Gasteiger partial charge in [-0.05, 0) is 19.3 Å². The van der Waals surface area contributed by atoms with Gasteiger partial charge < -0.3 is 10.4 Å². The van der Waals surface area contributed by atoms with Crippen LogP contribution in [0.15, 0.2) is 0 Å². The summed E-state index contributed by atoms with van der Waals surface area (Å²) in [7, 11) is 0. The summed E-state index contributed by atoms with van der Waals surface area (Å²) in [5.74, 6) is -1.69. The average molecular weight is 227 g/mol. The normalized spacial score (nSPS) is 25.1. The summed E-state index contributed by atoms with van der Waals surface area (Å²) in [4.78, 5) is 22.8. The van der Waals surface area contributed by atoms with Gasteiger partial charge in [-0.25, -0.2) is 0 Å². The van der Waals surface area contributed by atoms with Gasteiger partial charge in [0, 0.05) is 6.54 Å². The van der Waals surface area contributed by atoms with Crippen LogP contribution in [0.5, 0.6) is 0 Å². The van der Waals surface area contributed by atoms with E-state index >= 15 is 0 Å². The van der Waals surface area contributed by atoms with E-state index in [1.54, 1.807) is 0 Å². The van der Waals surface area contributed by atoms with Gasteiger partial charge in [0.25, 0.3) is 0 Å². The Balaban J connectivity index is 2.47. The molecule has 92 valence electrons. The van der Waals surface area contributed by atoms with Crippen molar-refractivity contribution in [3.63, 3.8) is 0 Å². The maximum Gasteiger partial charge on any atom is 0.307 e. The van der Waals surface area contributed by atoms with Gasteiger partial charge in [-0.2, -0.15) is 0 Å². The van der Waals surface area contributed by atoms with E-state index < -0.39 is 11.9 Å². The summed E-state index contributed by atoms with van der Waals surface area (Å²) >= 11 is 0. The highest BCUT2D eigenvalue weighted by Gasteiger charge is 2.35. The van der Waals surface area contributed by atoms with Crippen LogP contribution in [0.3, 0.4) is 0 Å². The van der Waals surface area contributed by atoms with E-state index in [2.05, 4.69) is 12.2 Å². The first-order valence-corrected chi connectivity index (χ1v) is 6.17. The van der Waals surface area contributed by atoms with Crippen molar-refractivity contribution < 1.29 is 14.7 Å². The zero-order valence-electron chi connectivity index (χ0n) is 9.87. The highest BCUT2D eigenvalue weighted by Crippen LogP contribution is 2.30. The molecule has 1 rings (SSSR count). The number of aliphatic carboxylic acids is 1. The van der Waals surface area contributed by atoms with Crippen molar-refractivity contribution >= 4 is 11.9 Å². The van der Waals surface area contributed by atoms with E-state index in [-0.39, 0.29) is 11.8 Å². The van der Waals surface area contributed by atoms with Crippen molar-refractivity contribution in [3.8, 4) is 0 Å². The van der Waals surface area contributed by atoms with Crippen molar-refractivity contribution in [2.24, 2.45) is 11.8 Å². The summed E-state index contributed by atoms with van der Waals surface area (Å²) in [5.41, 5.74) is 0. The third kappa shape index (κ3) is 3.51. The van der Waals surface area contributed by atoms with E-state index in [1.807, 2.05) is 0 Å². The van der Waals surface area contributed by atoms with Crippen molar-refractivity contribution in [2.45, 2.75) is 45.4 Å². The smallest absolute Gasteiger partial charge is 0.307 e. The van der Waals surface area contributed by atoms with Crippen LogP contribution >= 0.6 is 0 Å². The van der Waals surface area contributed by atoms with E-state index in [0.29, 0.717) is 13.0 Å². The quantitative estimate of drug-likeness (QED) is 0.704. The average Bonchev–Trinajstić information content (AvgIpc) is 2.29. The molecule has 16 heavy (non-hydrogen) atoms. The number of carboxylic acids is 1. The summed E-state index contributed by atoms with van der Waals surface area (Å²) in [6.45, 7) is 2.73. The molecule has 0 aromatic rings. The van der Waals surface area contributed by atoms with Crippen molar-refractivity contribution in [2.75, 3.05) is 6.54 Å². The number of hydrogen-bond acceptors (Lipinski definition) is 2. The lowest BCUT2D eigenvalue weighted by Crippen LogP contribution is -2.40. The summed E-state index contributed by atoms with van der Waals surface area (Å²) in [6, 6.07) is 0. The van der Waals surface area contributed by atoms with Gasteiger partial charge in [-0.1, -0.05) is 26.2 Å². The summed E-state index contributed by atoms with van der Waals surface area (Å²) in [5, 5.41) is 11.9. The third-order valence-corrected chi connectivity index (χ3v) is 3.25. The molecular formula is C12H21NO3. The van der Waals surface area contributed by atoms with Crippen LogP contribution in [-0.2, 0) is 9.59 Å². The maximum atomic E-state index is 11.8. The molecule has 1 saturated carbocycles. The number of hydrogen-bond donors (Lipinski definition) is 2. The number of rotatable bonds is 5. The second-order valence-electron chi connectivity index (χ2n) is 4.48. The van der Waals surface area contributed by atoms with Gasteiger partial charge in [-0.15, -0.1) is 0 Å². The molecule has 0 radical (unpaired) electrons. The Morgan fingerprint density at radius 3 is 2.44 bits per heavy atom. The largest absolute Gasteiger partial charge is 0.481 e. The molecule has 2 N–H and O–H groups in total. The van der Waals surface area contributed by atoms with Crippen LogP contribution in [0.1, 0.15) is 45.4 Å². The number of carboxylic acid groups (broad SMARTS) is 1. The minimum Gasteiger partial charge on any atom is -0.481 e. The Kier molecular flexibility index (Phi) is 5.29. The Labute approximate surface area is 96.4 Å². The molecule has 1 fully saturated rings. The van der Waals surface area contributed by atoms with Crippen LogP contribution in [0.2, 0.25) is 0 Å². The third-order valence-electron chi connectivity index (χ3n) is 3.25. The first-order chi connectivity index (χ1) is 7.66. The first-order valence-electron chi connectivity index (χ1n) is 6.17. The lowest BCUT2D eigenvalue weighted by molar-refractivity contribution is -0.148. The molecule has 1 amide bonds. The predicted octanol–water partition coefficient (Wildman–Crippen LogP) is 1.79. The fourth-order valence-electron chi connectivity index (χ4n) is 2.26. The molecule has 1 aliphatic carbocycles. The number of unbranched alkanes of at least 4 members (excludes halogenated alkanes) is 1. The van der Waals surface area contributed by atoms with Crippen molar-refractivity contribution in [1.29, 1.82) is 0 Å². The zero-order valence-corrected chi connectivity index (χ0v) is 9.87. The number of carbonyl (C=O) groups excluding carboxylic acids is 1. The fraction of sp³-hybridized carbons (Fsp3) is 0.833. The van der Waals surface area contributed by atoms with E-state index in [4.69, 9.17) is 5.11 Å². The zero-order chi connectivity index (χ0) is 12.0. The van der Waals surface area contributed by atoms with Crippen molar-refractivity contribution in [1.82, 2.24) is 5.32 Å². The van der Waals surface area contributed by atoms with E-state index in [1.165, 1.54) is 0 Å². The monoisotopic (exact) mass is 227 g/mol. The summed E-state index contributed by atoms with van der Waals surface area (Å²) in [6.07, 6.45) is 5.24. The van der Waals surface area contributed by atoms with Crippen LogP contribution in [-0.4, -0.2) is 23.5 Å². The Morgan fingerprint density at radius 2 is 1.88 bits per heavy atom. The van der Waals surface area contributed by atoms with Crippen LogP contribution in [0, 0.1) is 11.8 Å². The number of nitrogens with one attached hydrogen (secondary N) is 1. The van der Waals surface area contributed by atoms with E-state index in [9.17, 15) is 9.59 Å². The molecule has 1 aliphatic rings. The van der Waals surface area contributed by atoms with Gasteiger partial charge >= 0.3 is 5.97 Å². The van der Waals surface area contributed by atoms with Crippen molar-refractivity contribution in [3.05, 3.63) is 0 Å². The molecule has 0 aromatic carbocycles. The second-order valence-corrected chi connectivity index (χ2v) is 4.48. The Bertz CT molecular complexity index is 253. The highest BCUT2D eigenvalue weighted by atomic mass is 16.4. The molecule has 0 heterocycles. The minimum atomic E-state index is -0.824. The second kappa shape index (κ2) is 6.51. The molecule has 0 unspecified atom stereocenters. The first kappa shape index (κ1) is 13.0. The fourth-order valence-corrected chi connectivity index (χ4v) is 2.26. The molecule has 0 bridgehead atoms. The number of amides is 1. The SMILES string of the molecule is CCCCNC(=O)[C@@H]1CCCC[C@@H]1C(=O)O. The van der Waals surface area contributed by atoms with Gasteiger partial charge in [0.2, 0.25) is 5.91 Å². The predicted molar refractivity (Wildman–Crippen MR) is 61.0 cm³/mol. The molecule has 4 nitrogen and oxygen atoms in total. The molecule has 0 aliphatic heterocycles. The number of carbonyl (C=O) groups is 2. The Morgan fingerprint density at radius 1 is 1.25 bits per heavy atom. The van der Waals surface area contributed by atoms with Gasteiger partial charge in [-0.3, -0.25) is 9.59 Å². The van der Waals surface area contributed by atoms with Crippen LogP contribution in [0.25, 0.3) is 0 Å². The molecule has 0 spiro atoms. The molecule has 2 atom stereocenters. The van der Waals surface area contributed by atoms with Gasteiger partial charge in [0.15, 0.2) is 0 Å². The standard InChI is InChI=1S/C12H21NO3/c1-2-3-8-13-11(14)9-6-4-5-7-10(9)12(15)16/h9-10H,2-8H2,1H3,(H,13,14)(H,15,16)/t9-,10+/m1/s1. The maximum absolute atomic E-state index is 11.8. The molecule has 0 saturated heterocycles. The molecule has 0 aromatic heterocycles. The van der Waals surface area contributed by atoms with E-state index in [0.717, 1.165) is 32.1 Å². The lowest BCUT2D eigenvalue weighted by atomic mass is 9.78. The lowest BCUT2D eigenvalue weighted by Gasteiger charge is -2.27. The van der Waals surface area contributed by atoms with Gasteiger partial charge in [0.05, 0.1) is 11.8 Å². The van der Waals surface area contributed by atoms with Crippen LogP contribution in [0.4, 0.5) is 0 Å².